The molecule has 0 atom stereocenters. The van der Waals surface area contributed by atoms with Gasteiger partial charge in [-0.3, -0.25) is 10.0 Å². The number of carboxylic acid groups (broad SMARTS) is 1. The van der Waals surface area contributed by atoms with Gasteiger partial charge in [0.05, 0.1) is 13.0 Å². The highest BCUT2D eigenvalue weighted by atomic mass is 16.5. The minimum Gasteiger partial charge on any atom is -0.493 e. The molecule has 34 heavy (non-hydrogen) atoms. The van der Waals surface area contributed by atoms with E-state index in [-0.39, 0.29) is 18.4 Å². The van der Waals surface area contributed by atoms with E-state index in [0.717, 1.165) is 46.3 Å². The number of hydrogen-bond acceptors (Lipinski definition) is 4. The number of ether oxygens (including phenoxy) is 1. The van der Waals surface area contributed by atoms with E-state index in [1.165, 1.54) is 44.1 Å². The van der Waals surface area contributed by atoms with Crippen LogP contribution in [0.3, 0.4) is 0 Å². The Morgan fingerprint density at radius 3 is 2.18 bits per heavy atom. The summed E-state index contributed by atoms with van der Waals surface area (Å²) in [5, 5.41) is 17.6. The molecule has 0 saturated heterocycles. The number of carbonyl (C=O) groups excluding carboxylic acids is 1. The maximum Gasteiger partial charge on any atom is 0.328 e. The monoisotopic (exact) mass is 461 g/mol. The topological polar surface area (TPSA) is 95.9 Å². The van der Waals surface area contributed by atoms with Crippen LogP contribution in [0.15, 0.2) is 48.5 Å². The van der Waals surface area contributed by atoms with Crippen molar-refractivity contribution in [3.8, 4) is 16.9 Å². The smallest absolute Gasteiger partial charge is 0.328 e. The highest BCUT2D eigenvalue weighted by Crippen LogP contribution is 2.62. The molecule has 6 nitrogen and oxygen atoms in total. The third kappa shape index (κ3) is 4.60. The van der Waals surface area contributed by atoms with Crippen LogP contribution < -0.4 is 10.2 Å². The van der Waals surface area contributed by atoms with E-state index >= 15 is 0 Å². The minimum absolute atomic E-state index is 0.101. The van der Waals surface area contributed by atoms with Gasteiger partial charge in [-0.25, -0.2) is 10.3 Å². The normalized spacial score (nSPS) is 27.1. The van der Waals surface area contributed by atoms with Gasteiger partial charge < -0.3 is 9.84 Å². The molecule has 0 unspecified atom stereocenters. The molecule has 6 heteroatoms. The van der Waals surface area contributed by atoms with Crippen molar-refractivity contribution in [2.75, 3.05) is 6.61 Å². The van der Waals surface area contributed by atoms with E-state index in [0.29, 0.717) is 0 Å². The standard InChI is InChI=1S/C28H31NO5/c30-26(29-33)9-10-34-25-7-6-23(22-4-1-18(2-5-22)3-8-27(31)32)14-24(25)28-15-19-11-20(16-28)13-21(12-19)17-28/h1-8,14,19-21,33H,9-13,15-17H2,(H,29,30)(H,31,32)/b8-3+. The predicted molar refractivity (Wildman–Crippen MR) is 128 cm³/mol. The molecule has 0 aliphatic heterocycles. The quantitative estimate of drug-likeness (QED) is 0.286. The van der Waals surface area contributed by atoms with E-state index in [4.69, 9.17) is 15.1 Å². The summed E-state index contributed by atoms with van der Waals surface area (Å²) in [7, 11) is 0. The Kier molecular flexibility index (Phi) is 6.17. The number of carboxylic acids is 1. The number of hydroxylamine groups is 1. The van der Waals surface area contributed by atoms with Gasteiger partial charge in [0.25, 0.3) is 0 Å². The summed E-state index contributed by atoms with van der Waals surface area (Å²) in [6.07, 6.45) is 10.5. The predicted octanol–water partition coefficient (Wildman–Crippen LogP) is 5.19. The van der Waals surface area contributed by atoms with Crippen molar-refractivity contribution >= 4 is 18.0 Å². The molecule has 4 saturated carbocycles. The van der Waals surface area contributed by atoms with Gasteiger partial charge in [-0.1, -0.05) is 30.3 Å². The van der Waals surface area contributed by atoms with Crippen LogP contribution >= 0.6 is 0 Å². The molecule has 0 aromatic heterocycles. The molecule has 0 heterocycles. The van der Waals surface area contributed by atoms with Gasteiger partial charge >= 0.3 is 5.97 Å². The Labute approximate surface area is 199 Å². The first-order valence-corrected chi connectivity index (χ1v) is 12.2. The highest BCUT2D eigenvalue weighted by Gasteiger charge is 2.52. The van der Waals surface area contributed by atoms with E-state index in [2.05, 4.69) is 6.07 Å². The molecule has 4 aliphatic rings. The Morgan fingerprint density at radius 1 is 0.971 bits per heavy atom. The van der Waals surface area contributed by atoms with Crippen LogP contribution in [0.4, 0.5) is 0 Å². The van der Waals surface area contributed by atoms with Crippen molar-refractivity contribution in [1.82, 2.24) is 5.48 Å². The number of hydrogen-bond donors (Lipinski definition) is 3. The molecule has 0 spiro atoms. The number of aliphatic carboxylic acids is 1. The second kappa shape index (κ2) is 9.26. The third-order valence-electron chi connectivity index (χ3n) is 7.96. The first-order valence-electron chi connectivity index (χ1n) is 12.2. The molecule has 2 aromatic carbocycles. The van der Waals surface area contributed by atoms with Crippen molar-refractivity contribution in [1.29, 1.82) is 0 Å². The first kappa shape index (κ1) is 22.7. The number of nitrogens with one attached hydrogen (secondary N) is 1. The van der Waals surface area contributed by atoms with E-state index in [1.54, 1.807) is 11.6 Å². The van der Waals surface area contributed by atoms with Crippen molar-refractivity contribution in [2.24, 2.45) is 17.8 Å². The molecule has 4 aliphatic carbocycles. The zero-order chi connectivity index (χ0) is 23.7. The van der Waals surface area contributed by atoms with Crippen LogP contribution in [0.25, 0.3) is 17.2 Å². The summed E-state index contributed by atoms with van der Waals surface area (Å²) < 4.78 is 6.13. The summed E-state index contributed by atoms with van der Waals surface area (Å²) >= 11 is 0. The van der Waals surface area contributed by atoms with Crippen LogP contribution in [0.2, 0.25) is 0 Å². The Morgan fingerprint density at radius 2 is 1.59 bits per heavy atom. The molecule has 0 radical (unpaired) electrons. The second-order valence-corrected chi connectivity index (χ2v) is 10.3. The van der Waals surface area contributed by atoms with Crippen LogP contribution in [0, 0.1) is 17.8 Å². The molecule has 3 N–H and O–H groups in total. The van der Waals surface area contributed by atoms with Gasteiger partial charge in [-0.15, -0.1) is 0 Å². The van der Waals surface area contributed by atoms with Gasteiger partial charge in [0.15, 0.2) is 0 Å². The molecule has 1 amide bonds. The molecular weight excluding hydrogens is 430 g/mol. The van der Waals surface area contributed by atoms with Gasteiger partial charge in [-0.05, 0) is 96.6 Å². The summed E-state index contributed by atoms with van der Waals surface area (Å²) in [5.74, 6) is 1.81. The fourth-order valence-corrected chi connectivity index (χ4v) is 6.95. The number of carbonyl (C=O) groups is 2. The van der Waals surface area contributed by atoms with Crippen LogP contribution in [-0.4, -0.2) is 28.8 Å². The Hall–Kier alpha value is -3.12. The lowest BCUT2D eigenvalue weighted by Crippen LogP contribution is -2.48. The largest absolute Gasteiger partial charge is 0.493 e. The van der Waals surface area contributed by atoms with Crippen LogP contribution in [0.1, 0.15) is 56.1 Å². The fourth-order valence-electron chi connectivity index (χ4n) is 6.95. The minimum atomic E-state index is -0.962. The lowest BCUT2D eigenvalue weighted by Gasteiger charge is -2.57. The lowest BCUT2D eigenvalue weighted by atomic mass is 9.48. The van der Waals surface area contributed by atoms with E-state index < -0.39 is 11.9 Å². The van der Waals surface area contributed by atoms with Gasteiger partial charge in [0.1, 0.15) is 5.75 Å². The fraction of sp³-hybridized carbons (Fsp3) is 0.429. The van der Waals surface area contributed by atoms with Crippen molar-refractivity contribution in [2.45, 2.75) is 50.4 Å². The Balaban J connectivity index is 1.47. The number of benzene rings is 2. The maximum absolute atomic E-state index is 11.5. The van der Waals surface area contributed by atoms with Gasteiger partial charge in [-0.2, -0.15) is 0 Å². The Bertz CT molecular complexity index is 1070. The van der Waals surface area contributed by atoms with Gasteiger partial charge in [0, 0.05) is 11.6 Å². The molecule has 4 bridgehead atoms. The summed E-state index contributed by atoms with van der Waals surface area (Å²) in [5.41, 5.74) is 6.08. The lowest BCUT2D eigenvalue weighted by molar-refractivity contribution is -0.131. The summed E-state index contributed by atoms with van der Waals surface area (Å²) in [6, 6.07) is 14.2. The average Bonchev–Trinajstić information content (AvgIpc) is 2.82. The summed E-state index contributed by atoms with van der Waals surface area (Å²) in [4.78, 5) is 22.3. The van der Waals surface area contributed by atoms with Crippen LogP contribution in [0.5, 0.6) is 5.75 Å². The van der Waals surface area contributed by atoms with Gasteiger partial charge in [0.2, 0.25) is 5.91 Å². The highest BCUT2D eigenvalue weighted by molar-refractivity contribution is 5.85. The molecule has 4 fully saturated rings. The van der Waals surface area contributed by atoms with Crippen molar-refractivity contribution in [3.05, 3.63) is 59.7 Å². The maximum atomic E-state index is 11.5. The van der Waals surface area contributed by atoms with Crippen molar-refractivity contribution in [3.63, 3.8) is 0 Å². The molecular formula is C28H31NO5. The number of rotatable bonds is 8. The number of amides is 1. The third-order valence-corrected chi connectivity index (χ3v) is 7.96. The zero-order valence-corrected chi connectivity index (χ0v) is 19.2. The molecule has 6 rings (SSSR count). The zero-order valence-electron chi connectivity index (χ0n) is 19.2. The first-order chi connectivity index (χ1) is 16.4. The SMILES string of the molecule is O=C(O)/C=C/c1ccc(-c2ccc(OCCC(=O)NO)c(C34CC5CC(CC(C5)C3)C4)c2)cc1. The molecule has 178 valence electrons. The van der Waals surface area contributed by atoms with E-state index in [1.807, 2.05) is 36.4 Å². The summed E-state index contributed by atoms with van der Waals surface area (Å²) in [6.45, 7) is 0.218. The molecule has 2 aromatic rings. The second-order valence-electron chi connectivity index (χ2n) is 10.3. The average molecular weight is 462 g/mol. The van der Waals surface area contributed by atoms with E-state index in [9.17, 15) is 9.59 Å². The van der Waals surface area contributed by atoms with Crippen LogP contribution in [-0.2, 0) is 15.0 Å². The van der Waals surface area contributed by atoms with Crippen molar-refractivity contribution < 1.29 is 24.6 Å².